The maximum absolute atomic E-state index is 12.0. The van der Waals surface area contributed by atoms with E-state index < -0.39 is 52.5 Å². The number of phosphoric acid groups is 2. The molecule has 14 nitrogen and oxygen atoms in total. The van der Waals surface area contributed by atoms with Gasteiger partial charge in [-0.15, -0.1) is 0 Å². The van der Waals surface area contributed by atoms with E-state index in [-0.39, 0.29) is 57.2 Å². The summed E-state index contributed by atoms with van der Waals surface area (Å²) in [6.07, 6.45) is -5.49. The molecular formula is C9H14KN3O11P2. The number of aliphatic hydroxyl groups is 1. The fourth-order valence-electron chi connectivity index (χ4n) is 2.03. The summed E-state index contributed by atoms with van der Waals surface area (Å²) in [7, 11) is -10.5. The Labute approximate surface area is 188 Å². The van der Waals surface area contributed by atoms with Crippen molar-refractivity contribution < 1.29 is 99.0 Å². The van der Waals surface area contributed by atoms with E-state index in [1.165, 1.54) is 6.07 Å². The molecule has 1 aliphatic rings. The van der Waals surface area contributed by atoms with Crippen LogP contribution >= 0.6 is 15.6 Å². The average molecular weight is 441 g/mol. The summed E-state index contributed by atoms with van der Waals surface area (Å²) in [5, 5.41) is 21.9. The van der Waals surface area contributed by atoms with Crippen LogP contribution in [-0.4, -0.2) is 54.3 Å². The SMILES string of the molecule is Nc1ccn([C@@H]2O[C@H](COP(=O)(O)OP(=O)(O)O)[C@@H]([O-])[C@H]2O)c(=O)n1.[K+]. The van der Waals surface area contributed by atoms with Crippen molar-refractivity contribution in [3.8, 4) is 0 Å². The topological polar surface area (TPSA) is 227 Å². The average Bonchev–Trinajstić information content (AvgIpc) is 2.71. The Morgan fingerprint density at radius 2 is 2.00 bits per heavy atom. The molecule has 26 heavy (non-hydrogen) atoms. The third kappa shape index (κ3) is 6.51. The van der Waals surface area contributed by atoms with Gasteiger partial charge in [-0.05, 0) is 6.07 Å². The molecule has 17 heteroatoms. The maximum Gasteiger partial charge on any atom is 1.00 e. The molecule has 0 spiro atoms. The maximum atomic E-state index is 12.0. The van der Waals surface area contributed by atoms with Gasteiger partial charge < -0.3 is 35.4 Å². The molecule has 5 atom stereocenters. The molecule has 0 amide bonds. The van der Waals surface area contributed by atoms with Crippen LogP contribution in [-0.2, 0) is 22.7 Å². The zero-order valence-corrected chi connectivity index (χ0v) is 18.1. The first-order chi connectivity index (χ1) is 11.4. The number of nitrogen functional groups attached to an aromatic ring is 1. The van der Waals surface area contributed by atoms with Gasteiger partial charge in [0, 0.05) is 6.20 Å². The van der Waals surface area contributed by atoms with Crippen molar-refractivity contribution in [2.45, 2.75) is 24.5 Å². The van der Waals surface area contributed by atoms with E-state index in [1.54, 1.807) is 0 Å². The van der Waals surface area contributed by atoms with E-state index in [2.05, 4.69) is 13.8 Å². The van der Waals surface area contributed by atoms with Crippen molar-refractivity contribution in [2.24, 2.45) is 0 Å². The van der Waals surface area contributed by atoms with Gasteiger partial charge in [0.25, 0.3) is 0 Å². The summed E-state index contributed by atoms with van der Waals surface area (Å²) in [4.78, 5) is 41.2. The summed E-state index contributed by atoms with van der Waals surface area (Å²) in [6, 6.07) is 1.22. The van der Waals surface area contributed by atoms with Gasteiger partial charge in [0.1, 0.15) is 5.82 Å². The van der Waals surface area contributed by atoms with Crippen LogP contribution in [0, 0.1) is 0 Å². The standard InChI is InChI=1S/C9H14N3O11P2.K/c10-5-1-2-12(9(15)11-5)8-7(14)6(13)4(22-8)3-21-25(19,20)23-24(16,17)18;/h1-2,4,6-8,14H,3H2,(H,19,20)(H2,10,11,15)(H2,16,17,18);/q-1;+1/t4-,6-,7-,8-;/m1./s1. The number of nitrogens with two attached hydrogens (primary N) is 1. The first-order valence-electron chi connectivity index (χ1n) is 6.48. The number of nitrogens with zero attached hydrogens (tertiary/aromatic N) is 2. The monoisotopic (exact) mass is 441 g/mol. The molecule has 1 fully saturated rings. The molecule has 2 heterocycles. The fourth-order valence-corrected chi connectivity index (χ4v) is 3.63. The van der Waals surface area contributed by atoms with Gasteiger partial charge in [-0.25, -0.2) is 13.9 Å². The Morgan fingerprint density at radius 1 is 1.38 bits per heavy atom. The number of rotatable bonds is 6. The Kier molecular flexibility index (Phi) is 8.76. The fraction of sp³-hybridized carbons (Fsp3) is 0.556. The van der Waals surface area contributed by atoms with Gasteiger partial charge in [-0.3, -0.25) is 9.09 Å². The number of aromatic nitrogens is 2. The normalized spacial score (nSPS) is 28.3. The molecule has 0 aliphatic carbocycles. The molecule has 1 aromatic rings. The van der Waals surface area contributed by atoms with Crippen LogP contribution in [0.25, 0.3) is 0 Å². The zero-order valence-electron chi connectivity index (χ0n) is 13.2. The summed E-state index contributed by atoms with van der Waals surface area (Å²) in [6.45, 7) is -0.938. The molecule has 142 valence electrons. The van der Waals surface area contributed by atoms with Crippen LogP contribution in [0.4, 0.5) is 5.82 Å². The molecule has 1 saturated heterocycles. The molecule has 1 aliphatic heterocycles. The summed E-state index contributed by atoms with van der Waals surface area (Å²) in [5.41, 5.74) is 4.41. The summed E-state index contributed by atoms with van der Waals surface area (Å²) < 4.78 is 35.6. The number of hydrogen-bond acceptors (Lipinski definition) is 10. The summed E-state index contributed by atoms with van der Waals surface area (Å²) in [5.74, 6) is -0.0944. The predicted molar refractivity (Wildman–Crippen MR) is 75.5 cm³/mol. The van der Waals surface area contributed by atoms with Crippen LogP contribution in [0.2, 0.25) is 0 Å². The van der Waals surface area contributed by atoms with Crippen molar-refractivity contribution in [2.75, 3.05) is 12.3 Å². The minimum atomic E-state index is -5.32. The van der Waals surface area contributed by atoms with Crippen LogP contribution in [0.1, 0.15) is 6.23 Å². The zero-order chi connectivity index (χ0) is 19.0. The van der Waals surface area contributed by atoms with Crippen LogP contribution in [0.3, 0.4) is 0 Å². The minimum Gasteiger partial charge on any atom is -0.848 e. The number of ether oxygens (including phenoxy) is 1. The summed E-state index contributed by atoms with van der Waals surface area (Å²) >= 11 is 0. The molecule has 0 saturated carbocycles. The Bertz CT molecular complexity index is 784. The second-order valence-corrected chi connectivity index (χ2v) is 7.73. The van der Waals surface area contributed by atoms with Gasteiger partial charge in [-0.1, -0.05) is 6.10 Å². The van der Waals surface area contributed by atoms with Crippen molar-refractivity contribution in [3.63, 3.8) is 0 Å². The van der Waals surface area contributed by atoms with E-state index >= 15 is 0 Å². The number of hydrogen-bond donors (Lipinski definition) is 5. The van der Waals surface area contributed by atoms with Crippen molar-refractivity contribution in [1.82, 2.24) is 9.55 Å². The number of anilines is 1. The quantitative estimate of drug-likeness (QED) is 0.205. The molecule has 1 aromatic heterocycles. The van der Waals surface area contributed by atoms with E-state index in [4.69, 9.17) is 25.2 Å². The third-order valence-electron chi connectivity index (χ3n) is 3.05. The van der Waals surface area contributed by atoms with Gasteiger partial charge in [-0.2, -0.15) is 9.29 Å². The Balaban J connectivity index is 0.00000338. The predicted octanol–water partition coefficient (Wildman–Crippen LogP) is -5.96. The van der Waals surface area contributed by atoms with Crippen molar-refractivity contribution >= 4 is 21.5 Å². The minimum absolute atomic E-state index is 0. The second-order valence-electron chi connectivity index (χ2n) is 4.90. The van der Waals surface area contributed by atoms with Crippen LogP contribution < -0.4 is 67.9 Å². The van der Waals surface area contributed by atoms with E-state index in [0.717, 1.165) is 10.8 Å². The molecule has 0 radical (unpaired) electrons. The van der Waals surface area contributed by atoms with E-state index in [9.17, 15) is 24.1 Å². The molecule has 1 unspecified atom stereocenters. The molecule has 0 aromatic carbocycles. The van der Waals surface area contributed by atoms with Crippen molar-refractivity contribution in [3.05, 3.63) is 22.7 Å². The van der Waals surface area contributed by atoms with Crippen LogP contribution in [0.15, 0.2) is 17.1 Å². The van der Waals surface area contributed by atoms with Crippen LogP contribution in [0.5, 0.6) is 0 Å². The first kappa shape index (κ1) is 24.5. The molecular weight excluding hydrogens is 427 g/mol. The smallest absolute Gasteiger partial charge is 0.848 e. The van der Waals surface area contributed by atoms with Gasteiger partial charge in [0.05, 0.1) is 18.8 Å². The molecule has 0 bridgehead atoms. The largest absolute Gasteiger partial charge is 1.00 e. The third-order valence-corrected chi connectivity index (χ3v) is 5.20. The van der Waals surface area contributed by atoms with Gasteiger partial charge >= 0.3 is 72.7 Å². The molecule has 6 N–H and O–H groups in total. The van der Waals surface area contributed by atoms with Crippen molar-refractivity contribution in [1.29, 1.82) is 0 Å². The number of phosphoric ester groups is 1. The first-order valence-corrected chi connectivity index (χ1v) is 9.50. The Morgan fingerprint density at radius 3 is 2.54 bits per heavy atom. The van der Waals surface area contributed by atoms with Gasteiger partial charge in [0.2, 0.25) is 0 Å². The Hall–Kier alpha value is 0.456. The van der Waals surface area contributed by atoms with E-state index in [1.807, 2.05) is 0 Å². The second kappa shape index (κ2) is 9.30. The van der Waals surface area contributed by atoms with Gasteiger partial charge in [0.15, 0.2) is 6.23 Å². The molecule has 2 rings (SSSR count). The number of aliphatic hydroxyl groups excluding tert-OH is 1. The van der Waals surface area contributed by atoms with E-state index in [0.29, 0.717) is 0 Å².